The summed E-state index contributed by atoms with van der Waals surface area (Å²) in [5.74, 6) is 0. The summed E-state index contributed by atoms with van der Waals surface area (Å²) in [5, 5.41) is 2.59. The number of hydrogen-bond acceptors (Lipinski definition) is 0. The average molecular weight is 294 g/mol. The number of fused-ring (bicyclic) bond motifs is 1. The van der Waals surface area contributed by atoms with Gasteiger partial charge in [-0.2, -0.15) is 0 Å². The first-order chi connectivity index (χ1) is 6.85. The lowest BCUT2D eigenvalue weighted by Crippen LogP contribution is -1.83. The average Bonchev–Trinajstić information content (AvgIpc) is 2.27. The van der Waals surface area contributed by atoms with Crippen molar-refractivity contribution in [2.45, 2.75) is 4.43 Å². The van der Waals surface area contributed by atoms with E-state index in [0.717, 1.165) is 4.43 Å². The largest absolute Gasteiger partial charge is 0.0984 e. The zero-order valence-electron chi connectivity index (χ0n) is 7.83. The quantitative estimate of drug-likeness (QED) is 0.568. The minimum atomic E-state index is 1.05. The van der Waals surface area contributed by atoms with Gasteiger partial charge in [-0.3, -0.25) is 0 Å². The number of hydrogen-bond donors (Lipinski definition) is 0. The van der Waals surface area contributed by atoms with E-state index in [-0.39, 0.29) is 0 Å². The molecule has 0 atom stereocenters. The zero-order valence-corrected chi connectivity index (χ0v) is 9.99. The third kappa shape index (κ3) is 1.69. The SMILES string of the molecule is C=Cc1cc(CI)cc2ccccc12. The highest BCUT2D eigenvalue weighted by molar-refractivity contribution is 14.1. The van der Waals surface area contributed by atoms with Gasteiger partial charge in [0, 0.05) is 4.43 Å². The molecule has 2 rings (SSSR count). The van der Waals surface area contributed by atoms with E-state index in [4.69, 9.17) is 0 Å². The molecule has 0 bridgehead atoms. The first-order valence-corrected chi connectivity index (χ1v) is 6.08. The van der Waals surface area contributed by atoms with E-state index in [0.29, 0.717) is 0 Å². The van der Waals surface area contributed by atoms with Gasteiger partial charge in [-0.05, 0) is 21.9 Å². The maximum atomic E-state index is 3.85. The van der Waals surface area contributed by atoms with Crippen LogP contribution in [0.3, 0.4) is 0 Å². The van der Waals surface area contributed by atoms with Gasteiger partial charge in [0.15, 0.2) is 0 Å². The molecule has 14 heavy (non-hydrogen) atoms. The molecule has 0 amide bonds. The van der Waals surface area contributed by atoms with Crippen molar-refractivity contribution in [2.75, 3.05) is 0 Å². The van der Waals surface area contributed by atoms with Crippen molar-refractivity contribution >= 4 is 39.4 Å². The first kappa shape index (κ1) is 9.71. The summed E-state index contributed by atoms with van der Waals surface area (Å²) in [4.78, 5) is 0. The van der Waals surface area contributed by atoms with Gasteiger partial charge in [0.25, 0.3) is 0 Å². The molecule has 0 aliphatic carbocycles. The van der Waals surface area contributed by atoms with E-state index in [1.54, 1.807) is 0 Å². The van der Waals surface area contributed by atoms with Gasteiger partial charge in [0.2, 0.25) is 0 Å². The second-order valence-corrected chi connectivity index (χ2v) is 4.01. The molecule has 0 aromatic heterocycles. The lowest BCUT2D eigenvalue weighted by molar-refractivity contribution is 1.48. The zero-order chi connectivity index (χ0) is 9.97. The fourth-order valence-electron chi connectivity index (χ4n) is 1.65. The van der Waals surface area contributed by atoms with Gasteiger partial charge in [-0.1, -0.05) is 71.6 Å². The molecule has 0 radical (unpaired) electrons. The molecule has 0 nitrogen and oxygen atoms in total. The second-order valence-electron chi connectivity index (χ2n) is 3.24. The predicted molar refractivity (Wildman–Crippen MR) is 71.8 cm³/mol. The van der Waals surface area contributed by atoms with Crippen LogP contribution in [0.1, 0.15) is 11.1 Å². The highest BCUT2D eigenvalue weighted by Crippen LogP contribution is 2.23. The fraction of sp³-hybridized carbons (Fsp3) is 0.0769. The molecule has 0 fully saturated rings. The number of alkyl halides is 1. The monoisotopic (exact) mass is 294 g/mol. The normalized spacial score (nSPS) is 10.4. The molecule has 0 spiro atoms. The minimum absolute atomic E-state index is 1.05. The highest BCUT2D eigenvalue weighted by Gasteiger charge is 1.99. The van der Waals surface area contributed by atoms with E-state index >= 15 is 0 Å². The summed E-state index contributed by atoms with van der Waals surface area (Å²) in [6.07, 6.45) is 1.93. The van der Waals surface area contributed by atoms with E-state index in [1.807, 2.05) is 6.08 Å². The summed E-state index contributed by atoms with van der Waals surface area (Å²) >= 11 is 2.38. The Hall–Kier alpha value is -0.830. The Bertz CT molecular complexity index is 472. The van der Waals surface area contributed by atoms with Crippen LogP contribution in [0.25, 0.3) is 16.8 Å². The van der Waals surface area contributed by atoms with Crippen LogP contribution >= 0.6 is 22.6 Å². The molecule has 0 aliphatic rings. The molecule has 0 saturated heterocycles. The number of benzene rings is 2. The third-order valence-electron chi connectivity index (χ3n) is 2.33. The van der Waals surface area contributed by atoms with Crippen molar-refractivity contribution in [1.29, 1.82) is 0 Å². The maximum absolute atomic E-state index is 3.85. The molecular formula is C13H11I. The summed E-state index contributed by atoms with van der Waals surface area (Å²) in [6.45, 7) is 3.85. The van der Waals surface area contributed by atoms with E-state index in [1.165, 1.54) is 21.9 Å². The number of rotatable bonds is 2. The standard InChI is InChI=1S/C13H11I/c1-2-11-7-10(9-14)8-12-5-3-4-6-13(11)12/h2-8H,1,9H2. The van der Waals surface area contributed by atoms with Gasteiger partial charge < -0.3 is 0 Å². The number of halogens is 1. The van der Waals surface area contributed by atoms with Crippen LogP contribution in [-0.4, -0.2) is 0 Å². The summed E-state index contributed by atoms with van der Waals surface area (Å²) in [5.41, 5.74) is 2.59. The molecule has 70 valence electrons. The molecule has 2 aromatic carbocycles. The predicted octanol–water partition coefficient (Wildman–Crippen LogP) is 4.42. The van der Waals surface area contributed by atoms with Crippen molar-refractivity contribution in [2.24, 2.45) is 0 Å². The van der Waals surface area contributed by atoms with Crippen LogP contribution in [0.5, 0.6) is 0 Å². The summed E-state index contributed by atoms with van der Waals surface area (Å²) in [6, 6.07) is 12.9. The Kier molecular flexibility index (Phi) is 2.87. The molecule has 1 heteroatoms. The first-order valence-electron chi connectivity index (χ1n) is 4.55. The molecule has 0 N–H and O–H groups in total. The van der Waals surface area contributed by atoms with Gasteiger partial charge in [-0.25, -0.2) is 0 Å². The fourth-order valence-corrected chi connectivity index (χ4v) is 2.09. The summed E-state index contributed by atoms with van der Waals surface area (Å²) in [7, 11) is 0. The van der Waals surface area contributed by atoms with Gasteiger partial charge in [0.05, 0.1) is 0 Å². The molecule has 2 aromatic rings. The van der Waals surface area contributed by atoms with E-state index < -0.39 is 0 Å². The Morgan fingerprint density at radius 1 is 1.21 bits per heavy atom. The van der Waals surface area contributed by atoms with Gasteiger partial charge in [0.1, 0.15) is 0 Å². The lowest BCUT2D eigenvalue weighted by Gasteiger charge is -2.05. The Morgan fingerprint density at radius 2 is 2.00 bits per heavy atom. The van der Waals surface area contributed by atoms with Gasteiger partial charge >= 0.3 is 0 Å². The molecule has 0 unspecified atom stereocenters. The maximum Gasteiger partial charge on any atom is 0.0247 e. The summed E-state index contributed by atoms with van der Waals surface area (Å²) < 4.78 is 1.05. The topological polar surface area (TPSA) is 0 Å². The van der Waals surface area contributed by atoms with Crippen molar-refractivity contribution < 1.29 is 0 Å². The van der Waals surface area contributed by atoms with Crippen molar-refractivity contribution in [3.8, 4) is 0 Å². The van der Waals surface area contributed by atoms with E-state index in [2.05, 4.69) is 65.6 Å². The van der Waals surface area contributed by atoms with E-state index in [9.17, 15) is 0 Å². The van der Waals surface area contributed by atoms with Crippen LogP contribution in [0.4, 0.5) is 0 Å². The van der Waals surface area contributed by atoms with Gasteiger partial charge in [-0.15, -0.1) is 0 Å². The van der Waals surface area contributed by atoms with Crippen LogP contribution in [0, 0.1) is 0 Å². The van der Waals surface area contributed by atoms with Crippen LogP contribution in [0.2, 0.25) is 0 Å². The Balaban J connectivity index is 2.79. The molecular weight excluding hydrogens is 283 g/mol. The molecule has 0 aliphatic heterocycles. The third-order valence-corrected chi connectivity index (χ3v) is 3.21. The lowest BCUT2D eigenvalue weighted by atomic mass is 10.0. The molecule has 0 heterocycles. The van der Waals surface area contributed by atoms with Crippen LogP contribution in [0.15, 0.2) is 43.0 Å². The second kappa shape index (κ2) is 4.13. The van der Waals surface area contributed by atoms with Crippen LogP contribution in [-0.2, 0) is 4.43 Å². The highest BCUT2D eigenvalue weighted by atomic mass is 127. The molecule has 0 saturated carbocycles. The Labute approximate surface area is 97.8 Å². The Morgan fingerprint density at radius 3 is 2.71 bits per heavy atom. The van der Waals surface area contributed by atoms with Crippen molar-refractivity contribution in [1.82, 2.24) is 0 Å². The van der Waals surface area contributed by atoms with Crippen molar-refractivity contribution in [3.63, 3.8) is 0 Å². The van der Waals surface area contributed by atoms with Crippen LogP contribution < -0.4 is 0 Å². The smallest absolute Gasteiger partial charge is 0.0247 e. The minimum Gasteiger partial charge on any atom is -0.0984 e. The van der Waals surface area contributed by atoms with Crippen molar-refractivity contribution in [3.05, 3.63) is 54.1 Å².